The summed E-state index contributed by atoms with van der Waals surface area (Å²) >= 11 is 6.02. The van der Waals surface area contributed by atoms with E-state index < -0.39 is 10.0 Å². The van der Waals surface area contributed by atoms with Gasteiger partial charge in [-0.05, 0) is 48.2 Å². The van der Waals surface area contributed by atoms with Crippen molar-refractivity contribution in [3.8, 4) is 0 Å². The van der Waals surface area contributed by atoms with Crippen LogP contribution in [0.1, 0.15) is 23.6 Å². The minimum atomic E-state index is -3.69. The summed E-state index contributed by atoms with van der Waals surface area (Å²) in [4.78, 5) is 12.4. The average Bonchev–Trinajstić information content (AvgIpc) is 3.12. The number of rotatable bonds is 6. The van der Waals surface area contributed by atoms with Gasteiger partial charge in [0.1, 0.15) is 6.04 Å². The number of hydrogen-bond donors (Lipinski definition) is 4. The number of primary sulfonamides is 1. The Balaban J connectivity index is 1.47. The Morgan fingerprint density at radius 3 is 2.59 bits per heavy atom. The second-order valence-corrected chi connectivity index (χ2v) is 8.41. The summed E-state index contributed by atoms with van der Waals surface area (Å²) in [5.74, 6) is -0.0896. The minimum absolute atomic E-state index is 0.0187. The molecule has 5 N–H and O–H groups in total. The van der Waals surface area contributed by atoms with Crippen LogP contribution in [0, 0.1) is 0 Å². The van der Waals surface area contributed by atoms with E-state index in [9.17, 15) is 13.2 Å². The zero-order chi connectivity index (χ0) is 19.4. The molecule has 7 nitrogen and oxygen atoms in total. The van der Waals surface area contributed by atoms with Gasteiger partial charge in [0.15, 0.2) is 0 Å². The number of nitrogens with two attached hydrogens (primary N) is 1. The zero-order valence-electron chi connectivity index (χ0n) is 14.5. The van der Waals surface area contributed by atoms with Crippen molar-refractivity contribution in [2.75, 3.05) is 6.54 Å². The molecule has 0 bridgehead atoms. The van der Waals surface area contributed by atoms with Crippen molar-refractivity contribution < 1.29 is 13.2 Å². The number of halogens is 1. The zero-order valence-corrected chi connectivity index (χ0v) is 16.1. The van der Waals surface area contributed by atoms with Gasteiger partial charge in [-0.3, -0.25) is 4.79 Å². The van der Waals surface area contributed by atoms with Crippen molar-refractivity contribution in [2.45, 2.75) is 29.8 Å². The molecule has 27 heavy (non-hydrogen) atoms. The maximum atomic E-state index is 12.3. The molecule has 1 aliphatic rings. The Kier molecular flexibility index (Phi) is 6.13. The average molecular weight is 409 g/mol. The van der Waals surface area contributed by atoms with E-state index in [4.69, 9.17) is 16.7 Å². The van der Waals surface area contributed by atoms with E-state index >= 15 is 0 Å². The molecule has 2 atom stereocenters. The van der Waals surface area contributed by atoms with Crippen molar-refractivity contribution >= 4 is 27.5 Å². The van der Waals surface area contributed by atoms with Gasteiger partial charge in [0.05, 0.1) is 4.90 Å². The lowest BCUT2D eigenvalue weighted by molar-refractivity contribution is -0.122. The van der Waals surface area contributed by atoms with Crippen molar-refractivity contribution in [3.05, 3.63) is 64.7 Å². The van der Waals surface area contributed by atoms with E-state index in [0.717, 1.165) is 11.1 Å². The van der Waals surface area contributed by atoms with Crippen LogP contribution in [0.3, 0.4) is 0 Å². The van der Waals surface area contributed by atoms with Crippen LogP contribution in [0.15, 0.2) is 53.4 Å². The third-order valence-corrected chi connectivity index (χ3v) is 5.60. The summed E-state index contributed by atoms with van der Waals surface area (Å²) in [6.45, 7) is 0.452. The molecule has 0 aromatic heterocycles. The first kappa shape index (κ1) is 19.8. The first-order valence-corrected chi connectivity index (χ1v) is 10.4. The molecule has 3 rings (SSSR count). The summed E-state index contributed by atoms with van der Waals surface area (Å²) in [7, 11) is -3.69. The van der Waals surface area contributed by atoms with E-state index in [1.165, 1.54) is 12.1 Å². The molecule has 2 aromatic carbocycles. The SMILES string of the molecule is NS(=O)(=O)c1ccc(CCNC(=O)C2CC(c3cccc(Cl)c3)NN2)cc1. The topological polar surface area (TPSA) is 113 Å². The van der Waals surface area contributed by atoms with Gasteiger partial charge >= 0.3 is 0 Å². The lowest BCUT2D eigenvalue weighted by atomic mass is 10.0. The van der Waals surface area contributed by atoms with Gasteiger partial charge in [0, 0.05) is 17.6 Å². The van der Waals surface area contributed by atoms with Crippen LogP contribution in [0.2, 0.25) is 5.02 Å². The Bertz CT molecular complexity index is 918. The molecule has 0 aliphatic carbocycles. The van der Waals surface area contributed by atoms with Crippen LogP contribution in [0.4, 0.5) is 0 Å². The molecule has 0 spiro atoms. The number of amides is 1. The Hall–Kier alpha value is -1.97. The number of carbonyl (C=O) groups excluding carboxylic acids is 1. The second kappa shape index (κ2) is 8.37. The van der Waals surface area contributed by atoms with Gasteiger partial charge in [-0.2, -0.15) is 0 Å². The second-order valence-electron chi connectivity index (χ2n) is 6.41. The Morgan fingerprint density at radius 1 is 1.19 bits per heavy atom. The van der Waals surface area contributed by atoms with Crippen LogP contribution in [0.5, 0.6) is 0 Å². The molecular weight excluding hydrogens is 388 g/mol. The summed E-state index contributed by atoms with van der Waals surface area (Å²) in [6, 6.07) is 13.5. The number of hydrogen-bond acceptors (Lipinski definition) is 5. The molecule has 2 aromatic rings. The Morgan fingerprint density at radius 2 is 1.93 bits per heavy atom. The van der Waals surface area contributed by atoms with Crippen molar-refractivity contribution in [1.82, 2.24) is 16.2 Å². The standard InChI is InChI=1S/C18H21ClN4O3S/c19-14-3-1-2-13(10-14)16-11-17(23-22-16)18(24)21-9-8-12-4-6-15(7-5-12)27(20,25)26/h1-7,10,16-17,22-23H,8-9,11H2,(H,21,24)(H2,20,25,26). The number of benzene rings is 2. The van der Waals surface area contributed by atoms with E-state index in [0.29, 0.717) is 24.4 Å². The van der Waals surface area contributed by atoms with Crippen molar-refractivity contribution in [3.63, 3.8) is 0 Å². The van der Waals surface area contributed by atoms with E-state index in [1.807, 2.05) is 24.3 Å². The molecule has 0 saturated carbocycles. The quantitative estimate of drug-likeness (QED) is 0.574. The third kappa shape index (κ3) is 5.27. The fraction of sp³-hybridized carbons (Fsp3) is 0.278. The summed E-state index contributed by atoms with van der Waals surface area (Å²) in [5, 5.41) is 8.63. The maximum absolute atomic E-state index is 12.3. The van der Waals surface area contributed by atoms with Crippen molar-refractivity contribution in [1.29, 1.82) is 0 Å². The highest BCUT2D eigenvalue weighted by atomic mass is 35.5. The predicted octanol–water partition coefficient (Wildman–Crippen LogP) is 1.25. The minimum Gasteiger partial charge on any atom is -0.354 e. The van der Waals surface area contributed by atoms with Gasteiger partial charge in [-0.25, -0.2) is 24.4 Å². The van der Waals surface area contributed by atoms with Crippen LogP contribution >= 0.6 is 11.6 Å². The van der Waals surface area contributed by atoms with Crippen LogP contribution in [0.25, 0.3) is 0 Å². The van der Waals surface area contributed by atoms with Gasteiger partial charge in [-0.1, -0.05) is 35.9 Å². The van der Waals surface area contributed by atoms with Crippen LogP contribution in [-0.4, -0.2) is 26.9 Å². The third-order valence-electron chi connectivity index (χ3n) is 4.44. The molecule has 144 valence electrons. The first-order valence-electron chi connectivity index (χ1n) is 8.49. The molecular formula is C18H21ClN4O3S. The number of sulfonamides is 1. The predicted molar refractivity (Wildman–Crippen MR) is 103 cm³/mol. The molecule has 1 amide bonds. The highest BCUT2D eigenvalue weighted by molar-refractivity contribution is 7.89. The monoisotopic (exact) mass is 408 g/mol. The van der Waals surface area contributed by atoms with E-state index in [1.54, 1.807) is 12.1 Å². The van der Waals surface area contributed by atoms with Gasteiger partial charge < -0.3 is 5.32 Å². The highest BCUT2D eigenvalue weighted by Gasteiger charge is 2.29. The van der Waals surface area contributed by atoms with Gasteiger partial charge in [0.25, 0.3) is 0 Å². The van der Waals surface area contributed by atoms with Crippen LogP contribution in [-0.2, 0) is 21.2 Å². The summed E-state index contributed by atoms with van der Waals surface area (Å²) in [5.41, 5.74) is 8.07. The highest BCUT2D eigenvalue weighted by Crippen LogP contribution is 2.24. The van der Waals surface area contributed by atoms with Crippen LogP contribution < -0.4 is 21.3 Å². The Labute approximate surface area is 163 Å². The molecule has 1 aliphatic heterocycles. The van der Waals surface area contributed by atoms with E-state index in [-0.39, 0.29) is 22.9 Å². The number of hydrazine groups is 1. The largest absolute Gasteiger partial charge is 0.354 e. The molecule has 2 unspecified atom stereocenters. The molecule has 1 fully saturated rings. The lowest BCUT2D eigenvalue weighted by Crippen LogP contribution is -2.43. The van der Waals surface area contributed by atoms with Crippen molar-refractivity contribution in [2.24, 2.45) is 5.14 Å². The molecule has 9 heteroatoms. The summed E-state index contributed by atoms with van der Waals surface area (Å²) < 4.78 is 22.5. The lowest BCUT2D eigenvalue weighted by Gasteiger charge is -2.11. The fourth-order valence-corrected chi connectivity index (χ4v) is 3.68. The fourth-order valence-electron chi connectivity index (χ4n) is 2.97. The first-order chi connectivity index (χ1) is 12.8. The number of nitrogens with one attached hydrogen (secondary N) is 3. The normalized spacial score (nSPS) is 19.8. The smallest absolute Gasteiger partial charge is 0.238 e. The maximum Gasteiger partial charge on any atom is 0.238 e. The number of carbonyl (C=O) groups is 1. The molecule has 1 heterocycles. The summed E-state index contributed by atoms with van der Waals surface area (Å²) in [6.07, 6.45) is 1.21. The molecule has 0 radical (unpaired) electrons. The molecule has 1 saturated heterocycles. The van der Waals surface area contributed by atoms with Gasteiger partial charge in [0.2, 0.25) is 15.9 Å². The van der Waals surface area contributed by atoms with Gasteiger partial charge in [-0.15, -0.1) is 0 Å². The van der Waals surface area contributed by atoms with E-state index in [2.05, 4.69) is 16.2 Å².